The lowest BCUT2D eigenvalue weighted by atomic mass is 9.93. The topological polar surface area (TPSA) is 59.2 Å². The van der Waals surface area contributed by atoms with Gasteiger partial charge < -0.3 is 10.6 Å². The van der Waals surface area contributed by atoms with E-state index in [2.05, 4.69) is 46.3 Å². The SMILES string of the molecule is NC(=O)C1Cc2ccccc2CN1c1ccc(-c2ccncc2)cc1. The van der Waals surface area contributed by atoms with Crippen LogP contribution in [0, 0.1) is 0 Å². The molecule has 2 aromatic carbocycles. The molecule has 1 aliphatic heterocycles. The van der Waals surface area contributed by atoms with Crippen LogP contribution in [0.5, 0.6) is 0 Å². The maximum atomic E-state index is 12.0. The summed E-state index contributed by atoms with van der Waals surface area (Å²) >= 11 is 0. The van der Waals surface area contributed by atoms with Crippen LogP contribution in [-0.2, 0) is 17.8 Å². The molecule has 1 aromatic heterocycles. The van der Waals surface area contributed by atoms with Crippen LogP contribution in [0.1, 0.15) is 11.1 Å². The Morgan fingerprint density at radius 1 is 0.920 bits per heavy atom. The van der Waals surface area contributed by atoms with Crippen molar-refractivity contribution in [2.75, 3.05) is 4.90 Å². The van der Waals surface area contributed by atoms with Gasteiger partial charge in [-0.05, 0) is 46.5 Å². The molecule has 1 unspecified atom stereocenters. The van der Waals surface area contributed by atoms with Crippen LogP contribution in [0.3, 0.4) is 0 Å². The molecule has 1 amide bonds. The van der Waals surface area contributed by atoms with E-state index in [1.165, 1.54) is 11.1 Å². The normalized spacial score (nSPS) is 16.3. The second kappa shape index (κ2) is 6.40. The molecule has 25 heavy (non-hydrogen) atoms. The summed E-state index contributed by atoms with van der Waals surface area (Å²) in [7, 11) is 0. The smallest absolute Gasteiger partial charge is 0.240 e. The molecular weight excluding hydrogens is 310 g/mol. The summed E-state index contributed by atoms with van der Waals surface area (Å²) in [5, 5.41) is 0. The first-order chi connectivity index (χ1) is 12.2. The molecule has 0 aliphatic carbocycles. The molecular formula is C21H19N3O. The molecule has 2 N–H and O–H groups in total. The van der Waals surface area contributed by atoms with E-state index >= 15 is 0 Å². The Kier molecular flexibility index (Phi) is 3.94. The number of nitrogens with two attached hydrogens (primary N) is 1. The number of nitrogens with zero attached hydrogens (tertiary/aromatic N) is 2. The van der Waals surface area contributed by atoms with Gasteiger partial charge in [0.1, 0.15) is 6.04 Å². The number of anilines is 1. The quantitative estimate of drug-likeness (QED) is 0.803. The van der Waals surface area contributed by atoms with Gasteiger partial charge >= 0.3 is 0 Å². The van der Waals surface area contributed by atoms with E-state index in [0.29, 0.717) is 13.0 Å². The van der Waals surface area contributed by atoms with Crippen LogP contribution in [0.15, 0.2) is 73.1 Å². The Balaban J connectivity index is 1.67. The predicted molar refractivity (Wildman–Crippen MR) is 99.0 cm³/mol. The van der Waals surface area contributed by atoms with Crippen molar-refractivity contribution in [1.82, 2.24) is 4.98 Å². The van der Waals surface area contributed by atoms with E-state index < -0.39 is 0 Å². The minimum absolute atomic E-state index is 0.285. The van der Waals surface area contributed by atoms with Crippen molar-refractivity contribution >= 4 is 11.6 Å². The Morgan fingerprint density at radius 3 is 2.24 bits per heavy atom. The highest BCUT2D eigenvalue weighted by Crippen LogP contribution is 2.30. The third-order valence-corrected chi connectivity index (χ3v) is 4.79. The predicted octanol–water partition coefficient (Wildman–Crippen LogP) is 3.17. The Morgan fingerprint density at radius 2 is 1.56 bits per heavy atom. The van der Waals surface area contributed by atoms with Gasteiger partial charge in [0, 0.05) is 31.0 Å². The third kappa shape index (κ3) is 2.98. The van der Waals surface area contributed by atoms with Gasteiger partial charge in [-0.3, -0.25) is 9.78 Å². The third-order valence-electron chi connectivity index (χ3n) is 4.79. The van der Waals surface area contributed by atoms with Crippen molar-refractivity contribution < 1.29 is 4.79 Å². The van der Waals surface area contributed by atoms with Crippen LogP contribution in [0.4, 0.5) is 5.69 Å². The lowest BCUT2D eigenvalue weighted by Crippen LogP contribution is -2.48. The molecule has 3 aromatic rings. The van der Waals surface area contributed by atoms with Crippen molar-refractivity contribution in [2.24, 2.45) is 5.73 Å². The minimum Gasteiger partial charge on any atom is -0.368 e. The molecule has 0 radical (unpaired) electrons. The summed E-state index contributed by atoms with van der Waals surface area (Å²) in [6.07, 6.45) is 4.22. The summed E-state index contributed by atoms with van der Waals surface area (Å²) in [6, 6.07) is 20.1. The Hall–Kier alpha value is -3.14. The summed E-state index contributed by atoms with van der Waals surface area (Å²) in [5.41, 5.74) is 11.4. The van der Waals surface area contributed by atoms with Gasteiger partial charge in [0.15, 0.2) is 0 Å². The average molecular weight is 329 g/mol. The zero-order chi connectivity index (χ0) is 17.2. The number of carbonyl (C=O) groups excluding carboxylic acids is 1. The summed E-state index contributed by atoms with van der Waals surface area (Å²) in [4.78, 5) is 18.2. The van der Waals surface area contributed by atoms with E-state index in [1.54, 1.807) is 12.4 Å². The second-order valence-corrected chi connectivity index (χ2v) is 6.30. The van der Waals surface area contributed by atoms with Crippen LogP contribution in [0.25, 0.3) is 11.1 Å². The lowest BCUT2D eigenvalue weighted by Gasteiger charge is -2.37. The number of aromatic nitrogens is 1. The Bertz CT molecular complexity index is 891. The van der Waals surface area contributed by atoms with Crippen LogP contribution >= 0.6 is 0 Å². The Labute approximate surface area is 146 Å². The number of carbonyl (C=O) groups is 1. The number of hydrogen-bond donors (Lipinski definition) is 1. The highest BCUT2D eigenvalue weighted by atomic mass is 16.1. The maximum absolute atomic E-state index is 12.0. The van der Waals surface area contributed by atoms with Gasteiger partial charge in [0.2, 0.25) is 5.91 Å². The minimum atomic E-state index is -0.318. The molecule has 0 fully saturated rings. The molecule has 4 nitrogen and oxygen atoms in total. The molecule has 0 saturated carbocycles. The number of benzene rings is 2. The van der Waals surface area contributed by atoms with Gasteiger partial charge in [-0.2, -0.15) is 0 Å². The number of amides is 1. The molecule has 0 saturated heterocycles. The number of primary amides is 1. The van der Waals surface area contributed by atoms with Crippen molar-refractivity contribution in [2.45, 2.75) is 19.0 Å². The van der Waals surface area contributed by atoms with Crippen LogP contribution in [-0.4, -0.2) is 16.9 Å². The fraction of sp³-hybridized carbons (Fsp3) is 0.143. The van der Waals surface area contributed by atoms with E-state index in [4.69, 9.17) is 5.73 Å². The summed E-state index contributed by atoms with van der Waals surface area (Å²) in [5.74, 6) is -0.285. The molecule has 4 rings (SSSR count). The average Bonchev–Trinajstić information content (AvgIpc) is 2.68. The highest BCUT2D eigenvalue weighted by molar-refractivity contribution is 5.85. The number of rotatable bonds is 3. The van der Waals surface area contributed by atoms with Gasteiger partial charge in [-0.1, -0.05) is 36.4 Å². The van der Waals surface area contributed by atoms with Crippen LogP contribution < -0.4 is 10.6 Å². The molecule has 4 heteroatoms. The fourth-order valence-electron chi connectivity index (χ4n) is 3.44. The largest absolute Gasteiger partial charge is 0.368 e. The number of fused-ring (bicyclic) bond motifs is 1. The molecule has 1 aliphatic rings. The summed E-state index contributed by atoms with van der Waals surface area (Å²) in [6.45, 7) is 0.693. The summed E-state index contributed by atoms with van der Waals surface area (Å²) < 4.78 is 0. The zero-order valence-corrected chi connectivity index (χ0v) is 13.8. The van der Waals surface area contributed by atoms with Crippen molar-refractivity contribution in [1.29, 1.82) is 0 Å². The monoisotopic (exact) mass is 329 g/mol. The first-order valence-corrected chi connectivity index (χ1v) is 8.35. The highest BCUT2D eigenvalue weighted by Gasteiger charge is 2.30. The molecule has 2 heterocycles. The maximum Gasteiger partial charge on any atom is 0.240 e. The first-order valence-electron chi connectivity index (χ1n) is 8.35. The lowest BCUT2D eigenvalue weighted by molar-refractivity contribution is -0.119. The number of pyridine rings is 1. The first kappa shape index (κ1) is 15.4. The van der Waals surface area contributed by atoms with E-state index in [1.807, 2.05) is 24.3 Å². The van der Waals surface area contributed by atoms with Crippen molar-refractivity contribution in [3.05, 3.63) is 84.2 Å². The number of hydrogen-bond acceptors (Lipinski definition) is 3. The van der Waals surface area contributed by atoms with Gasteiger partial charge in [-0.25, -0.2) is 0 Å². The van der Waals surface area contributed by atoms with Gasteiger partial charge in [0.25, 0.3) is 0 Å². The van der Waals surface area contributed by atoms with E-state index in [0.717, 1.165) is 16.8 Å². The zero-order valence-electron chi connectivity index (χ0n) is 13.8. The molecule has 0 bridgehead atoms. The fourth-order valence-corrected chi connectivity index (χ4v) is 3.44. The molecule has 1 atom stereocenters. The van der Waals surface area contributed by atoms with Crippen molar-refractivity contribution in [3.8, 4) is 11.1 Å². The molecule has 0 spiro atoms. The van der Waals surface area contributed by atoms with Gasteiger partial charge in [0.05, 0.1) is 0 Å². The standard InChI is InChI=1S/C21H19N3O/c22-21(25)20-13-17-3-1-2-4-18(17)14-24(20)19-7-5-15(6-8-19)16-9-11-23-12-10-16/h1-12,20H,13-14H2,(H2,22,25). The second-order valence-electron chi connectivity index (χ2n) is 6.30. The van der Waals surface area contributed by atoms with E-state index in [-0.39, 0.29) is 11.9 Å². The van der Waals surface area contributed by atoms with E-state index in [9.17, 15) is 4.79 Å². The van der Waals surface area contributed by atoms with Crippen LogP contribution in [0.2, 0.25) is 0 Å². The van der Waals surface area contributed by atoms with Gasteiger partial charge in [-0.15, -0.1) is 0 Å². The molecule has 124 valence electrons. The van der Waals surface area contributed by atoms with Crippen molar-refractivity contribution in [3.63, 3.8) is 0 Å².